The van der Waals surface area contributed by atoms with Crippen LogP contribution in [0.2, 0.25) is 0 Å². The van der Waals surface area contributed by atoms with Crippen LogP contribution in [0, 0.1) is 6.92 Å². The Balaban J connectivity index is 1.86. The van der Waals surface area contributed by atoms with E-state index in [9.17, 15) is 4.79 Å². The SMILES string of the molecule is [B]c1ccc(-c2nc3c(C)nn(C4CCCCC4)c3c(=O)[nH]2)c(OCC)c1. The lowest BCUT2D eigenvalue weighted by atomic mass is 9.94. The molecule has 0 aliphatic heterocycles. The molecule has 138 valence electrons. The number of H-pyrrole nitrogens is 1. The predicted molar refractivity (Wildman–Crippen MR) is 107 cm³/mol. The zero-order valence-corrected chi connectivity index (χ0v) is 15.8. The molecular weight excluding hydrogens is 339 g/mol. The summed E-state index contributed by atoms with van der Waals surface area (Å²) in [4.78, 5) is 20.6. The second kappa shape index (κ2) is 7.21. The van der Waals surface area contributed by atoms with E-state index in [1.54, 1.807) is 12.1 Å². The molecule has 4 rings (SSSR count). The number of hydrogen-bond acceptors (Lipinski definition) is 4. The van der Waals surface area contributed by atoms with E-state index in [-0.39, 0.29) is 11.6 Å². The number of rotatable bonds is 4. The molecular formula is C20H23BN4O2. The van der Waals surface area contributed by atoms with E-state index in [1.807, 2.05) is 24.6 Å². The lowest BCUT2D eigenvalue weighted by Gasteiger charge is -2.22. The highest BCUT2D eigenvalue weighted by Crippen LogP contribution is 2.31. The van der Waals surface area contributed by atoms with Gasteiger partial charge in [0, 0.05) is 0 Å². The number of nitrogens with one attached hydrogen (secondary N) is 1. The first-order chi connectivity index (χ1) is 13.1. The summed E-state index contributed by atoms with van der Waals surface area (Å²) >= 11 is 0. The number of ether oxygens (including phenoxy) is 1. The standard InChI is InChI=1S/C20H23BN4O2/c1-3-27-16-11-13(21)9-10-15(16)19-22-17-12(2)24-25(18(17)20(26)23-19)14-7-5-4-6-8-14/h9-11,14H,3-8H2,1-2H3,(H,22,23,26). The molecule has 1 aromatic carbocycles. The van der Waals surface area contributed by atoms with Crippen LogP contribution in [0.4, 0.5) is 0 Å². The minimum atomic E-state index is -0.166. The van der Waals surface area contributed by atoms with Gasteiger partial charge < -0.3 is 9.72 Å². The fourth-order valence-corrected chi connectivity index (χ4v) is 3.92. The van der Waals surface area contributed by atoms with Gasteiger partial charge in [-0.3, -0.25) is 9.48 Å². The second-order valence-corrected chi connectivity index (χ2v) is 7.12. The molecule has 0 saturated heterocycles. The van der Waals surface area contributed by atoms with Gasteiger partial charge >= 0.3 is 0 Å². The van der Waals surface area contributed by atoms with Crippen LogP contribution in [0.25, 0.3) is 22.4 Å². The molecule has 2 heterocycles. The molecule has 3 aromatic rings. The van der Waals surface area contributed by atoms with Gasteiger partial charge in [0.05, 0.1) is 23.9 Å². The highest BCUT2D eigenvalue weighted by Gasteiger charge is 2.23. The van der Waals surface area contributed by atoms with Gasteiger partial charge in [-0.25, -0.2) is 4.98 Å². The van der Waals surface area contributed by atoms with Gasteiger partial charge in [0.15, 0.2) is 5.52 Å². The Hall–Kier alpha value is -2.57. The molecule has 1 saturated carbocycles. The molecule has 27 heavy (non-hydrogen) atoms. The number of benzene rings is 1. The molecule has 1 N–H and O–H groups in total. The van der Waals surface area contributed by atoms with Gasteiger partial charge in [-0.15, -0.1) is 0 Å². The Labute approximate surface area is 159 Å². The minimum Gasteiger partial charge on any atom is -0.493 e. The predicted octanol–water partition coefficient (Wildman–Crippen LogP) is 2.79. The first-order valence-electron chi connectivity index (χ1n) is 9.60. The maximum absolute atomic E-state index is 13.0. The summed E-state index contributed by atoms with van der Waals surface area (Å²) < 4.78 is 7.59. The molecule has 2 radical (unpaired) electrons. The molecule has 1 fully saturated rings. The van der Waals surface area contributed by atoms with E-state index in [1.165, 1.54) is 19.3 Å². The van der Waals surface area contributed by atoms with Gasteiger partial charge in [0.25, 0.3) is 5.56 Å². The third kappa shape index (κ3) is 3.26. The number of hydrogen-bond donors (Lipinski definition) is 1. The number of aromatic nitrogens is 4. The van der Waals surface area contributed by atoms with E-state index < -0.39 is 0 Å². The summed E-state index contributed by atoms with van der Waals surface area (Å²) in [6.45, 7) is 4.32. The first kappa shape index (κ1) is 17.8. The van der Waals surface area contributed by atoms with E-state index in [0.29, 0.717) is 34.7 Å². The fourth-order valence-electron chi connectivity index (χ4n) is 3.92. The third-order valence-electron chi connectivity index (χ3n) is 5.21. The highest BCUT2D eigenvalue weighted by atomic mass is 16.5. The monoisotopic (exact) mass is 362 g/mol. The van der Waals surface area contributed by atoms with Crippen LogP contribution >= 0.6 is 0 Å². The van der Waals surface area contributed by atoms with Crippen molar-refractivity contribution in [3.63, 3.8) is 0 Å². The van der Waals surface area contributed by atoms with E-state index >= 15 is 0 Å². The third-order valence-corrected chi connectivity index (χ3v) is 5.21. The van der Waals surface area contributed by atoms with E-state index in [4.69, 9.17) is 17.6 Å². The summed E-state index contributed by atoms with van der Waals surface area (Å²) in [6.07, 6.45) is 5.73. The van der Waals surface area contributed by atoms with Crippen molar-refractivity contribution in [1.82, 2.24) is 19.7 Å². The zero-order valence-electron chi connectivity index (χ0n) is 15.8. The maximum atomic E-state index is 13.0. The Morgan fingerprint density at radius 2 is 2.07 bits per heavy atom. The van der Waals surface area contributed by atoms with E-state index in [0.717, 1.165) is 24.1 Å². The average molecular weight is 362 g/mol. The highest BCUT2D eigenvalue weighted by molar-refractivity contribution is 6.32. The van der Waals surface area contributed by atoms with Gasteiger partial charge in [0.2, 0.25) is 0 Å². The molecule has 0 spiro atoms. The molecule has 0 atom stereocenters. The number of nitrogens with zero attached hydrogens (tertiary/aromatic N) is 3. The van der Waals surface area contributed by atoms with Crippen LogP contribution in [0.5, 0.6) is 5.75 Å². The van der Waals surface area contributed by atoms with Crippen molar-refractivity contribution in [2.45, 2.75) is 52.0 Å². The van der Waals surface area contributed by atoms with Gasteiger partial charge in [-0.2, -0.15) is 5.10 Å². The van der Waals surface area contributed by atoms with Gasteiger partial charge in [0.1, 0.15) is 24.9 Å². The van der Waals surface area contributed by atoms with Crippen molar-refractivity contribution in [2.24, 2.45) is 0 Å². The molecule has 7 heteroatoms. The lowest BCUT2D eigenvalue weighted by molar-refractivity contribution is 0.336. The van der Waals surface area contributed by atoms with Crippen molar-refractivity contribution in [1.29, 1.82) is 0 Å². The van der Waals surface area contributed by atoms with Crippen LogP contribution in [0.1, 0.15) is 50.8 Å². The van der Waals surface area contributed by atoms with Crippen LogP contribution in [-0.2, 0) is 0 Å². The number of fused-ring (bicyclic) bond motifs is 1. The van der Waals surface area contributed by atoms with Crippen LogP contribution in [0.15, 0.2) is 23.0 Å². The molecule has 6 nitrogen and oxygen atoms in total. The van der Waals surface area contributed by atoms with E-state index in [2.05, 4.69) is 10.1 Å². The summed E-state index contributed by atoms with van der Waals surface area (Å²) in [7, 11) is 5.88. The molecule has 0 unspecified atom stereocenters. The van der Waals surface area contributed by atoms with Crippen LogP contribution in [-0.4, -0.2) is 34.2 Å². The van der Waals surface area contributed by atoms with Crippen LogP contribution < -0.4 is 15.8 Å². The Morgan fingerprint density at radius 3 is 2.81 bits per heavy atom. The topological polar surface area (TPSA) is 72.8 Å². The summed E-state index contributed by atoms with van der Waals surface area (Å²) in [5.41, 5.74) is 3.15. The second-order valence-electron chi connectivity index (χ2n) is 7.12. The molecule has 1 aliphatic carbocycles. The fraction of sp³-hybridized carbons (Fsp3) is 0.450. The Kier molecular flexibility index (Phi) is 4.76. The largest absolute Gasteiger partial charge is 0.493 e. The summed E-state index contributed by atoms with van der Waals surface area (Å²) in [6, 6.07) is 5.63. The quantitative estimate of drug-likeness (QED) is 0.725. The summed E-state index contributed by atoms with van der Waals surface area (Å²) in [5, 5.41) is 4.66. The first-order valence-corrected chi connectivity index (χ1v) is 9.60. The van der Waals surface area contributed by atoms with Crippen molar-refractivity contribution in [3.05, 3.63) is 34.2 Å². The molecule has 0 bridgehead atoms. The summed E-state index contributed by atoms with van der Waals surface area (Å²) in [5.74, 6) is 1.08. The van der Waals surface area contributed by atoms with Crippen molar-refractivity contribution >= 4 is 24.3 Å². The van der Waals surface area contributed by atoms with Crippen molar-refractivity contribution in [3.8, 4) is 17.1 Å². The average Bonchev–Trinajstić information content (AvgIpc) is 3.00. The van der Waals surface area contributed by atoms with Gasteiger partial charge in [-0.05, 0) is 38.8 Å². The van der Waals surface area contributed by atoms with Gasteiger partial charge in [-0.1, -0.05) is 30.8 Å². The Morgan fingerprint density at radius 1 is 1.30 bits per heavy atom. The normalized spacial score (nSPS) is 15.3. The number of aryl methyl sites for hydroxylation is 1. The maximum Gasteiger partial charge on any atom is 0.277 e. The van der Waals surface area contributed by atoms with Crippen LogP contribution in [0.3, 0.4) is 0 Å². The van der Waals surface area contributed by atoms with Crippen molar-refractivity contribution < 1.29 is 4.74 Å². The molecule has 2 aromatic heterocycles. The zero-order chi connectivity index (χ0) is 19.0. The minimum absolute atomic E-state index is 0.166. The molecule has 1 aliphatic rings. The Bertz CT molecular complexity index is 1030. The molecule has 0 amide bonds. The lowest BCUT2D eigenvalue weighted by Crippen LogP contribution is -2.19. The smallest absolute Gasteiger partial charge is 0.277 e. The van der Waals surface area contributed by atoms with Crippen molar-refractivity contribution in [2.75, 3.05) is 6.61 Å². The number of aromatic amines is 1.